The predicted molar refractivity (Wildman–Crippen MR) is 88.7 cm³/mol. The Kier molecular flexibility index (Phi) is 5.62. The predicted octanol–water partition coefficient (Wildman–Crippen LogP) is 3.32. The molecule has 1 aliphatic heterocycles. The van der Waals surface area contributed by atoms with E-state index >= 15 is 0 Å². The quantitative estimate of drug-likeness (QED) is 0.874. The van der Waals surface area contributed by atoms with E-state index in [1.54, 1.807) is 0 Å². The molecule has 2 rings (SSSR count). The Labute approximate surface area is 127 Å². The van der Waals surface area contributed by atoms with Crippen LogP contribution in [0.3, 0.4) is 0 Å². The van der Waals surface area contributed by atoms with Gasteiger partial charge in [0.1, 0.15) is 0 Å². The molecule has 0 radical (unpaired) electrons. The van der Waals surface area contributed by atoms with Gasteiger partial charge in [0.25, 0.3) is 0 Å². The highest BCUT2D eigenvalue weighted by atomic mass is 16.1. The Morgan fingerprint density at radius 2 is 1.76 bits per heavy atom. The molecular weight excluding hydrogens is 262 g/mol. The van der Waals surface area contributed by atoms with E-state index in [1.165, 1.54) is 25.9 Å². The smallest absolute Gasteiger partial charge is 0.224 e. The van der Waals surface area contributed by atoms with Gasteiger partial charge in [0, 0.05) is 43.0 Å². The van der Waals surface area contributed by atoms with E-state index in [2.05, 4.69) is 29.4 Å². The third kappa shape index (κ3) is 4.74. The third-order valence-electron chi connectivity index (χ3n) is 4.12. The maximum atomic E-state index is 11.3. The number of nitrogens with one attached hydrogen (secondary N) is 2. The number of hydrogen-bond donors (Lipinski definition) is 2. The SMILES string of the molecule is CCC(=O)Nc1ccc(NC2CCN(C(C)C)CC2)cc1. The van der Waals surface area contributed by atoms with Crippen molar-refractivity contribution in [2.45, 2.75) is 52.1 Å². The lowest BCUT2D eigenvalue weighted by Crippen LogP contribution is -2.42. The Morgan fingerprint density at radius 1 is 1.19 bits per heavy atom. The van der Waals surface area contributed by atoms with E-state index in [4.69, 9.17) is 0 Å². The first-order chi connectivity index (χ1) is 10.1. The number of rotatable bonds is 5. The molecule has 1 saturated heterocycles. The van der Waals surface area contributed by atoms with Gasteiger partial charge in [-0.1, -0.05) is 6.92 Å². The van der Waals surface area contributed by atoms with Gasteiger partial charge in [0.15, 0.2) is 0 Å². The number of carbonyl (C=O) groups excluding carboxylic acids is 1. The fraction of sp³-hybridized carbons (Fsp3) is 0.588. The molecule has 0 aliphatic carbocycles. The van der Waals surface area contributed by atoms with Gasteiger partial charge < -0.3 is 15.5 Å². The first-order valence-corrected chi connectivity index (χ1v) is 7.99. The van der Waals surface area contributed by atoms with Crippen LogP contribution in [0.15, 0.2) is 24.3 Å². The van der Waals surface area contributed by atoms with Crippen LogP contribution in [-0.2, 0) is 4.79 Å². The second kappa shape index (κ2) is 7.46. The van der Waals surface area contributed by atoms with Crippen LogP contribution in [0.2, 0.25) is 0 Å². The van der Waals surface area contributed by atoms with Gasteiger partial charge in [0.2, 0.25) is 5.91 Å². The summed E-state index contributed by atoms with van der Waals surface area (Å²) in [6.07, 6.45) is 2.88. The molecule has 0 unspecified atom stereocenters. The minimum atomic E-state index is 0.0526. The molecule has 116 valence electrons. The molecule has 1 heterocycles. The van der Waals surface area contributed by atoms with Crippen molar-refractivity contribution < 1.29 is 4.79 Å². The van der Waals surface area contributed by atoms with Crippen LogP contribution in [0.25, 0.3) is 0 Å². The summed E-state index contributed by atoms with van der Waals surface area (Å²) >= 11 is 0. The number of piperidine rings is 1. The standard InChI is InChI=1S/C17H27N3O/c1-4-17(21)19-15-7-5-14(6-8-15)18-16-9-11-20(12-10-16)13(2)3/h5-8,13,16,18H,4,9-12H2,1-3H3,(H,19,21). The average Bonchev–Trinajstić information content (AvgIpc) is 2.49. The molecular formula is C17H27N3O. The summed E-state index contributed by atoms with van der Waals surface area (Å²) in [6.45, 7) is 8.71. The van der Waals surface area contributed by atoms with Gasteiger partial charge in [-0.2, -0.15) is 0 Å². The minimum Gasteiger partial charge on any atom is -0.382 e. The maximum Gasteiger partial charge on any atom is 0.224 e. The van der Waals surface area contributed by atoms with Crippen molar-refractivity contribution in [3.8, 4) is 0 Å². The second-order valence-electron chi connectivity index (χ2n) is 6.03. The van der Waals surface area contributed by atoms with Crippen LogP contribution in [0.5, 0.6) is 0 Å². The lowest BCUT2D eigenvalue weighted by atomic mass is 10.0. The van der Waals surface area contributed by atoms with Crippen molar-refractivity contribution in [3.05, 3.63) is 24.3 Å². The monoisotopic (exact) mass is 289 g/mol. The molecule has 0 bridgehead atoms. The molecule has 21 heavy (non-hydrogen) atoms. The second-order valence-corrected chi connectivity index (χ2v) is 6.03. The van der Waals surface area contributed by atoms with E-state index in [9.17, 15) is 4.79 Å². The topological polar surface area (TPSA) is 44.4 Å². The highest BCUT2D eigenvalue weighted by Crippen LogP contribution is 2.19. The van der Waals surface area contributed by atoms with Crippen LogP contribution < -0.4 is 10.6 Å². The molecule has 1 aromatic rings. The fourth-order valence-electron chi connectivity index (χ4n) is 2.70. The normalized spacial score (nSPS) is 17.0. The summed E-state index contributed by atoms with van der Waals surface area (Å²) in [6, 6.07) is 9.20. The molecule has 1 amide bonds. The van der Waals surface area contributed by atoms with Crippen molar-refractivity contribution in [1.29, 1.82) is 0 Å². The average molecular weight is 289 g/mol. The van der Waals surface area contributed by atoms with Crippen molar-refractivity contribution in [1.82, 2.24) is 4.90 Å². The Bertz CT molecular complexity index is 448. The first-order valence-electron chi connectivity index (χ1n) is 7.99. The summed E-state index contributed by atoms with van der Waals surface area (Å²) in [5, 5.41) is 6.46. The van der Waals surface area contributed by atoms with Crippen molar-refractivity contribution >= 4 is 17.3 Å². The molecule has 1 aromatic carbocycles. The van der Waals surface area contributed by atoms with Crippen LogP contribution in [0.1, 0.15) is 40.0 Å². The number of nitrogens with zero attached hydrogens (tertiary/aromatic N) is 1. The van der Waals surface area contributed by atoms with E-state index in [-0.39, 0.29) is 5.91 Å². The number of anilines is 2. The molecule has 0 saturated carbocycles. The molecule has 0 spiro atoms. The molecule has 4 nitrogen and oxygen atoms in total. The van der Waals surface area contributed by atoms with E-state index in [1.807, 2.05) is 31.2 Å². The van der Waals surface area contributed by atoms with Crippen LogP contribution in [0, 0.1) is 0 Å². The molecule has 1 fully saturated rings. The van der Waals surface area contributed by atoms with Gasteiger partial charge in [-0.25, -0.2) is 0 Å². The van der Waals surface area contributed by atoms with Crippen LogP contribution in [-0.4, -0.2) is 36.0 Å². The number of carbonyl (C=O) groups is 1. The summed E-state index contributed by atoms with van der Waals surface area (Å²) in [7, 11) is 0. The van der Waals surface area contributed by atoms with E-state index < -0.39 is 0 Å². The highest BCUT2D eigenvalue weighted by molar-refractivity contribution is 5.90. The largest absolute Gasteiger partial charge is 0.382 e. The zero-order valence-corrected chi connectivity index (χ0v) is 13.4. The van der Waals surface area contributed by atoms with Crippen molar-refractivity contribution in [2.75, 3.05) is 23.7 Å². The summed E-state index contributed by atoms with van der Waals surface area (Å²) in [5.74, 6) is 0.0526. The molecule has 4 heteroatoms. The lowest BCUT2D eigenvalue weighted by molar-refractivity contribution is -0.115. The zero-order valence-electron chi connectivity index (χ0n) is 13.4. The van der Waals surface area contributed by atoms with Crippen molar-refractivity contribution in [3.63, 3.8) is 0 Å². The number of amides is 1. The molecule has 0 atom stereocenters. The maximum absolute atomic E-state index is 11.3. The highest BCUT2D eigenvalue weighted by Gasteiger charge is 2.20. The van der Waals surface area contributed by atoms with Gasteiger partial charge in [-0.05, 0) is 51.0 Å². The minimum absolute atomic E-state index is 0.0526. The van der Waals surface area contributed by atoms with Gasteiger partial charge in [-0.15, -0.1) is 0 Å². The van der Waals surface area contributed by atoms with Crippen molar-refractivity contribution in [2.24, 2.45) is 0 Å². The molecule has 2 N–H and O–H groups in total. The van der Waals surface area contributed by atoms with Crippen LogP contribution in [0.4, 0.5) is 11.4 Å². The van der Waals surface area contributed by atoms with E-state index in [0.29, 0.717) is 18.5 Å². The Hall–Kier alpha value is -1.55. The van der Waals surface area contributed by atoms with Gasteiger partial charge in [0.05, 0.1) is 0 Å². The summed E-state index contributed by atoms with van der Waals surface area (Å²) < 4.78 is 0. The number of benzene rings is 1. The number of hydrogen-bond acceptors (Lipinski definition) is 3. The summed E-state index contributed by atoms with van der Waals surface area (Å²) in [5.41, 5.74) is 1.99. The zero-order chi connectivity index (χ0) is 15.2. The Balaban J connectivity index is 1.82. The van der Waals surface area contributed by atoms with Crippen LogP contribution >= 0.6 is 0 Å². The molecule has 1 aliphatic rings. The molecule has 0 aromatic heterocycles. The number of likely N-dealkylation sites (tertiary alicyclic amines) is 1. The summed E-state index contributed by atoms with van der Waals surface area (Å²) in [4.78, 5) is 13.9. The van der Waals surface area contributed by atoms with Gasteiger partial charge in [-0.3, -0.25) is 4.79 Å². The van der Waals surface area contributed by atoms with E-state index in [0.717, 1.165) is 11.4 Å². The third-order valence-corrected chi connectivity index (χ3v) is 4.12. The fourth-order valence-corrected chi connectivity index (χ4v) is 2.70. The Morgan fingerprint density at radius 3 is 2.29 bits per heavy atom. The lowest BCUT2D eigenvalue weighted by Gasteiger charge is -2.35. The first kappa shape index (κ1) is 15.8. The van der Waals surface area contributed by atoms with Gasteiger partial charge >= 0.3 is 0 Å².